The van der Waals surface area contributed by atoms with Gasteiger partial charge in [-0.25, -0.2) is 4.79 Å². The van der Waals surface area contributed by atoms with E-state index < -0.39 is 5.60 Å². The van der Waals surface area contributed by atoms with Crippen LogP contribution in [0.3, 0.4) is 0 Å². The molecule has 1 saturated heterocycles. The third-order valence-electron chi connectivity index (χ3n) is 5.30. The number of carbonyl (C=O) groups is 1. The number of amides is 2. The van der Waals surface area contributed by atoms with E-state index in [0.29, 0.717) is 26.0 Å². The molecule has 5 nitrogen and oxygen atoms in total. The molecule has 1 fully saturated rings. The summed E-state index contributed by atoms with van der Waals surface area (Å²) in [6.45, 7) is 3.13. The first-order chi connectivity index (χ1) is 12.9. The van der Waals surface area contributed by atoms with E-state index in [4.69, 9.17) is 4.74 Å². The van der Waals surface area contributed by atoms with Gasteiger partial charge in [0.1, 0.15) is 0 Å². The van der Waals surface area contributed by atoms with Crippen molar-refractivity contribution in [2.75, 3.05) is 18.6 Å². The van der Waals surface area contributed by atoms with Gasteiger partial charge in [-0.3, -0.25) is 4.90 Å². The van der Waals surface area contributed by atoms with E-state index in [-0.39, 0.29) is 12.1 Å². The maximum atomic E-state index is 11.8. The van der Waals surface area contributed by atoms with Gasteiger partial charge in [0.2, 0.25) is 0 Å². The van der Waals surface area contributed by atoms with Gasteiger partial charge in [-0.2, -0.15) is 0 Å². The Kier molecular flexibility index (Phi) is 4.88. The van der Waals surface area contributed by atoms with E-state index in [1.807, 2.05) is 31.2 Å². The monoisotopic (exact) mass is 384 g/mol. The maximum Gasteiger partial charge on any atom is 0.321 e. The fraction of sp³-hybridized carbons (Fsp3) is 0.381. The summed E-state index contributed by atoms with van der Waals surface area (Å²) in [6.07, 6.45) is 1.30. The van der Waals surface area contributed by atoms with Crippen LogP contribution in [0.5, 0.6) is 0 Å². The molecule has 2 aromatic carbocycles. The second-order valence-corrected chi connectivity index (χ2v) is 8.45. The van der Waals surface area contributed by atoms with Crippen molar-refractivity contribution >= 4 is 23.5 Å². The highest BCUT2D eigenvalue weighted by Crippen LogP contribution is 2.38. The van der Waals surface area contributed by atoms with E-state index in [0.717, 1.165) is 26.6 Å². The highest BCUT2D eigenvalue weighted by molar-refractivity contribution is 7.99. The Hall–Kier alpha value is -2.02. The molecule has 0 bridgehead atoms. The number of benzene rings is 2. The molecule has 0 spiro atoms. The lowest BCUT2D eigenvalue weighted by Crippen LogP contribution is -2.41. The molecular formula is C21H24N2O3S. The van der Waals surface area contributed by atoms with Crippen LogP contribution in [0.2, 0.25) is 0 Å². The van der Waals surface area contributed by atoms with Crippen LogP contribution in [0.1, 0.15) is 30.9 Å². The second kappa shape index (κ2) is 7.19. The lowest BCUT2D eigenvalue weighted by molar-refractivity contribution is -0.101. The van der Waals surface area contributed by atoms with Gasteiger partial charge in [0.25, 0.3) is 0 Å². The molecule has 2 N–H and O–H groups in total. The fourth-order valence-corrected chi connectivity index (χ4v) is 4.75. The number of rotatable bonds is 3. The zero-order valence-electron chi connectivity index (χ0n) is 15.6. The van der Waals surface area contributed by atoms with Gasteiger partial charge in [0.05, 0.1) is 24.0 Å². The van der Waals surface area contributed by atoms with Crippen molar-refractivity contribution in [3.63, 3.8) is 0 Å². The molecular weight excluding hydrogens is 360 g/mol. The number of carbonyl (C=O) groups excluding carboxylic acids is 1. The zero-order valence-corrected chi connectivity index (χ0v) is 16.4. The van der Waals surface area contributed by atoms with Crippen LogP contribution in [0.4, 0.5) is 10.5 Å². The molecule has 0 aliphatic carbocycles. The minimum Gasteiger partial charge on any atom is -0.385 e. The molecule has 2 atom stereocenters. The highest BCUT2D eigenvalue weighted by Gasteiger charge is 2.35. The first-order valence-corrected chi connectivity index (χ1v) is 10.0. The van der Waals surface area contributed by atoms with Crippen molar-refractivity contribution in [2.45, 2.75) is 47.8 Å². The van der Waals surface area contributed by atoms with Crippen LogP contribution in [-0.2, 0) is 16.9 Å². The SMILES string of the molecule is C[C@H]1C[C@@](O)(c2cccc(Sc3ccc4c(c3)CNC(=O)N4C)c2)CCO1. The average molecular weight is 385 g/mol. The summed E-state index contributed by atoms with van der Waals surface area (Å²) in [6, 6.07) is 14.2. The van der Waals surface area contributed by atoms with Gasteiger partial charge < -0.3 is 15.2 Å². The van der Waals surface area contributed by atoms with Crippen LogP contribution in [0, 0.1) is 0 Å². The molecule has 2 heterocycles. The standard InChI is InChI=1S/C21H24N2O3S/c1-14-12-21(25,8-9-26-14)16-4-3-5-17(11-16)27-18-6-7-19-15(10-18)13-22-20(24)23(19)2/h3-7,10-11,14,25H,8-9,12-13H2,1-2H3,(H,22,24)/t14-,21+/m0/s1. The molecule has 0 unspecified atom stereocenters. The Bertz CT molecular complexity index is 872. The van der Waals surface area contributed by atoms with Gasteiger partial charge in [-0.1, -0.05) is 23.9 Å². The average Bonchev–Trinajstić information content (AvgIpc) is 2.65. The predicted molar refractivity (Wildman–Crippen MR) is 106 cm³/mol. The number of ether oxygens (including phenoxy) is 1. The fourth-order valence-electron chi connectivity index (χ4n) is 3.81. The van der Waals surface area contributed by atoms with Crippen molar-refractivity contribution in [3.8, 4) is 0 Å². The molecule has 2 aliphatic heterocycles. The third-order valence-corrected chi connectivity index (χ3v) is 6.28. The Labute approximate surface area is 163 Å². The number of fused-ring (bicyclic) bond motifs is 1. The second-order valence-electron chi connectivity index (χ2n) is 7.31. The molecule has 6 heteroatoms. The lowest BCUT2D eigenvalue weighted by atomic mass is 9.84. The molecule has 27 heavy (non-hydrogen) atoms. The molecule has 2 aliphatic rings. The Morgan fingerprint density at radius 1 is 1.26 bits per heavy atom. The topological polar surface area (TPSA) is 61.8 Å². The zero-order chi connectivity index (χ0) is 19.0. The van der Waals surface area contributed by atoms with Crippen molar-refractivity contribution < 1.29 is 14.6 Å². The van der Waals surface area contributed by atoms with Gasteiger partial charge >= 0.3 is 6.03 Å². The van der Waals surface area contributed by atoms with Crippen LogP contribution in [0.15, 0.2) is 52.3 Å². The first-order valence-electron chi connectivity index (χ1n) is 9.21. The summed E-state index contributed by atoms with van der Waals surface area (Å²) in [4.78, 5) is 15.6. The maximum absolute atomic E-state index is 11.8. The van der Waals surface area contributed by atoms with Crippen molar-refractivity contribution in [2.24, 2.45) is 0 Å². The molecule has 2 aromatic rings. The van der Waals surface area contributed by atoms with Gasteiger partial charge in [-0.05, 0) is 48.4 Å². The predicted octanol–water partition coefficient (Wildman–Crippen LogP) is 3.88. The molecule has 2 amide bonds. The smallest absolute Gasteiger partial charge is 0.321 e. The molecule has 0 aromatic heterocycles. The number of anilines is 1. The molecule has 142 valence electrons. The minimum absolute atomic E-state index is 0.0629. The number of urea groups is 1. The van der Waals surface area contributed by atoms with Gasteiger partial charge in [0, 0.05) is 36.2 Å². The Morgan fingerprint density at radius 2 is 2.07 bits per heavy atom. The Balaban J connectivity index is 1.56. The largest absolute Gasteiger partial charge is 0.385 e. The highest BCUT2D eigenvalue weighted by atomic mass is 32.2. The van der Waals surface area contributed by atoms with Crippen LogP contribution >= 0.6 is 11.8 Å². The number of hydrogen-bond acceptors (Lipinski definition) is 4. The third kappa shape index (κ3) is 3.70. The summed E-state index contributed by atoms with van der Waals surface area (Å²) >= 11 is 1.67. The van der Waals surface area contributed by atoms with E-state index in [9.17, 15) is 9.90 Å². The van der Waals surface area contributed by atoms with E-state index in [1.165, 1.54) is 0 Å². The number of nitrogens with zero attached hydrogens (tertiary/aromatic N) is 1. The van der Waals surface area contributed by atoms with Crippen molar-refractivity contribution in [1.82, 2.24) is 5.32 Å². The molecule has 0 saturated carbocycles. The number of hydrogen-bond donors (Lipinski definition) is 2. The summed E-state index contributed by atoms with van der Waals surface area (Å²) < 4.78 is 5.59. The summed E-state index contributed by atoms with van der Waals surface area (Å²) in [5.41, 5.74) is 2.18. The first kappa shape index (κ1) is 18.3. The normalized spacial score (nSPS) is 25.1. The van der Waals surface area contributed by atoms with Crippen LogP contribution in [0.25, 0.3) is 0 Å². The minimum atomic E-state index is -0.822. The van der Waals surface area contributed by atoms with Crippen molar-refractivity contribution in [1.29, 1.82) is 0 Å². The van der Waals surface area contributed by atoms with E-state index in [1.54, 1.807) is 23.7 Å². The molecule has 4 rings (SSSR count). The molecule has 0 radical (unpaired) electrons. The van der Waals surface area contributed by atoms with Crippen LogP contribution in [-0.4, -0.2) is 30.9 Å². The lowest BCUT2D eigenvalue weighted by Gasteiger charge is -2.36. The van der Waals surface area contributed by atoms with Gasteiger partial charge in [-0.15, -0.1) is 0 Å². The van der Waals surface area contributed by atoms with Gasteiger partial charge in [0.15, 0.2) is 0 Å². The van der Waals surface area contributed by atoms with Crippen molar-refractivity contribution in [3.05, 3.63) is 53.6 Å². The Morgan fingerprint density at radius 3 is 2.89 bits per heavy atom. The number of nitrogens with one attached hydrogen (secondary N) is 1. The van der Waals surface area contributed by atoms with E-state index in [2.05, 4.69) is 23.5 Å². The quantitative estimate of drug-likeness (QED) is 0.843. The van der Waals surface area contributed by atoms with E-state index >= 15 is 0 Å². The number of aliphatic hydroxyl groups is 1. The summed E-state index contributed by atoms with van der Waals surface area (Å²) in [7, 11) is 1.78. The summed E-state index contributed by atoms with van der Waals surface area (Å²) in [5, 5.41) is 14.0. The summed E-state index contributed by atoms with van der Waals surface area (Å²) in [5.74, 6) is 0. The van der Waals surface area contributed by atoms with Crippen LogP contribution < -0.4 is 10.2 Å².